The van der Waals surface area contributed by atoms with Crippen molar-refractivity contribution >= 4 is 11.6 Å². The maximum atomic E-state index is 11.9. The van der Waals surface area contributed by atoms with Crippen LogP contribution in [0.3, 0.4) is 0 Å². The quantitative estimate of drug-likeness (QED) is 0.765. The lowest BCUT2D eigenvalue weighted by atomic mass is 10.1. The van der Waals surface area contributed by atoms with Crippen molar-refractivity contribution in [3.8, 4) is 0 Å². The Morgan fingerprint density at radius 1 is 1.44 bits per heavy atom. The fourth-order valence-electron chi connectivity index (χ4n) is 1.70. The number of nitrogen functional groups attached to an aromatic ring is 1. The number of rotatable bonds is 3. The molecule has 94 valence electrons. The van der Waals surface area contributed by atoms with Crippen molar-refractivity contribution in [1.29, 1.82) is 0 Å². The number of anilines is 1. The summed E-state index contributed by atoms with van der Waals surface area (Å²) in [6.45, 7) is 4.26. The Morgan fingerprint density at radius 3 is 2.83 bits per heavy atom. The average Bonchev–Trinajstić information content (AvgIpc) is 2.67. The first-order valence-electron chi connectivity index (χ1n) is 5.72. The molecular weight excluding hydrogens is 228 g/mol. The topological polar surface area (TPSA) is 83.8 Å². The van der Waals surface area contributed by atoms with Crippen molar-refractivity contribution in [2.75, 3.05) is 5.73 Å². The van der Waals surface area contributed by atoms with E-state index in [-0.39, 0.29) is 11.6 Å². The van der Waals surface area contributed by atoms with E-state index in [1.807, 2.05) is 31.2 Å². The van der Waals surface area contributed by atoms with Crippen molar-refractivity contribution in [2.24, 2.45) is 0 Å². The Labute approximate surface area is 105 Å². The maximum Gasteiger partial charge on any atom is 0.274 e. The molecule has 0 aliphatic rings. The van der Waals surface area contributed by atoms with E-state index in [0.29, 0.717) is 17.9 Å². The molecule has 0 saturated carbocycles. The van der Waals surface area contributed by atoms with Gasteiger partial charge < -0.3 is 11.1 Å². The molecule has 0 bridgehead atoms. The highest BCUT2D eigenvalue weighted by Gasteiger charge is 2.14. The molecule has 0 unspecified atom stereocenters. The molecule has 2 rings (SSSR count). The van der Waals surface area contributed by atoms with Crippen molar-refractivity contribution in [1.82, 2.24) is 15.5 Å². The van der Waals surface area contributed by atoms with E-state index in [4.69, 9.17) is 5.73 Å². The summed E-state index contributed by atoms with van der Waals surface area (Å²) in [4.78, 5) is 11.9. The van der Waals surface area contributed by atoms with Crippen LogP contribution in [-0.4, -0.2) is 16.1 Å². The maximum absolute atomic E-state index is 11.9. The number of benzene rings is 1. The van der Waals surface area contributed by atoms with Crippen LogP contribution >= 0.6 is 0 Å². The van der Waals surface area contributed by atoms with Gasteiger partial charge in [-0.15, -0.1) is 0 Å². The van der Waals surface area contributed by atoms with Crippen molar-refractivity contribution in [3.63, 3.8) is 0 Å². The third kappa shape index (κ3) is 2.51. The molecule has 1 heterocycles. The van der Waals surface area contributed by atoms with Crippen LogP contribution in [0.4, 0.5) is 5.69 Å². The molecular formula is C13H16N4O. The number of aryl methyl sites for hydroxylation is 2. The van der Waals surface area contributed by atoms with Gasteiger partial charge in [0.2, 0.25) is 0 Å². The minimum atomic E-state index is -0.265. The van der Waals surface area contributed by atoms with Gasteiger partial charge >= 0.3 is 0 Å². The van der Waals surface area contributed by atoms with Gasteiger partial charge in [0.1, 0.15) is 0 Å². The lowest BCUT2D eigenvalue weighted by molar-refractivity contribution is 0.0947. The number of nitrogens with one attached hydrogen (secondary N) is 2. The summed E-state index contributed by atoms with van der Waals surface area (Å²) in [6, 6.07) is 7.97. The number of hydrogen-bond donors (Lipinski definition) is 3. The van der Waals surface area contributed by atoms with Gasteiger partial charge in [-0.05, 0) is 19.4 Å². The Morgan fingerprint density at radius 2 is 2.22 bits per heavy atom. The Balaban J connectivity index is 2.03. The van der Waals surface area contributed by atoms with Crippen LogP contribution in [0, 0.1) is 13.8 Å². The van der Waals surface area contributed by atoms with E-state index in [2.05, 4.69) is 15.5 Å². The molecule has 1 amide bonds. The molecule has 0 saturated heterocycles. The first-order valence-corrected chi connectivity index (χ1v) is 5.72. The summed E-state index contributed by atoms with van der Waals surface area (Å²) < 4.78 is 0. The monoisotopic (exact) mass is 244 g/mol. The molecule has 5 heteroatoms. The second kappa shape index (κ2) is 4.91. The van der Waals surface area contributed by atoms with E-state index in [1.54, 1.807) is 6.92 Å². The predicted octanol–water partition coefficient (Wildman–Crippen LogP) is 1.54. The van der Waals surface area contributed by atoms with Crippen LogP contribution in [0.25, 0.3) is 0 Å². The number of nitrogens with two attached hydrogens (primary N) is 1. The normalized spacial score (nSPS) is 10.3. The number of aromatic amines is 1. The summed E-state index contributed by atoms with van der Waals surface area (Å²) >= 11 is 0. The minimum Gasteiger partial charge on any atom is -0.395 e. The van der Waals surface area contributed by atoms with Crippen LogP contribution in [0.5, 0.6) is 0 Å². The molecule has 0 radical (unpaired) electrons. The number of H-pyrrole nitrogens is 1. The van der Waals surface area contributed by atoms with Gasteiger partial charge in [-0.25, -0.2) is 0 Å². The highest BCUT2D eigenvalue weighted by molar-refractivity contribution is 5.97. The zero-order chi connectivity index (χ0) is 13.1. The number of aromatic nitrogens is 2. The van der Waals surface area contributed by atoms with Gasteiger partial charge in [-0.1, -0.05) is 29.8 Å². The SMILES string of the molecule is Cc1cccc(CNC(=O)c2n[nH]c(C)c2N)c1. The standard InChI is InChI=1S/C13H16N4O/c1-8-4-3-5-10(6-8)7-15-13(18)12-11(14)9(2)16-17-12/h3-6H,7,14H2,1-2H3,(H,15,18)(H,16,17). The van der Waals surface area contributed by atoms with Gasteiger partial charge in [0.15, 0.2) is 5.69 Å². The van der Waals surface area contributed by atoms with Crippen LogP contribution in [-0.2, 0) is 6.54 Å². The molecule has 0 atom stereocenters. The van der Waals surface area contributed by atoms with Crippen LogP contribution in [0.2, 0.25) is 0 Å². The fourth-order valence-corrected chi connectivity index (χ4v) is 1.70. The lowest BCUT2D eigenvalue weighted by Gasteiger charge is -2.05. The molecule has 5 nitrogen and oxygen atoms in total. The molecule has 18 heavy (non-hydrogen) atoms. The van der Waals surface area contributed by atoms with Gasteiger partial charge in [-0.2, -0.15) is 5.10 Å². The minimum absolute atomic E-state index is 0.250. The van der Waals surface area contributed by atoms with Gasteiger partial charge in [0.05, 0.1) is 11.4 Å². The van der Waals surface area contributed by atoms with Gasteiger partial charge in [-0.3, -0.25) is 9.89 Å². The lowest BCUT2D eigenvalue weighted by Crippen LogP contribution is -2.24. The summed E-state index contributed by atoms with van der Waals surface area (Å²) in [7, 11) is 0. The first-order chi connectivity index (χ1) is 8.58. The molecule has 1 aromatic heterocycles. The Hall–Kier alpha value is -2.30. The van der Waals surface area contributed by atoms with E-state index in [0.717, 1.165) is 11.1 Å². The van der Waals surface area contributed by atoms with Gasteiger partial charge in [0.25, 0.3) is 5.91 Å². The Bertz CT molecular complexity index is 574. The summed E-state index contributed by atoms with van der Waals surface area (Å²) in [5, 5.41) is 9.37. The van der Waals surface area contributed by atoms with E-state index in [1.165, 1.54) is 0 Å². The molecule has 1 aromatic carbocycles. The van der Waals surface area contributed by atoms with Gasteiger partial charge in [0, 0.05) is 6.54 Å². The highest BCUT2D eigenvalue weighted by Crippen LogP contribution is 2.12. The van der Waals surface area contributed by atoms with E-state index < -0.39 is 0 Å². The summed E-state index contributed by atoms with van der Waals surface area (Å²) in [5.74, 6) is -0.265. The van der Waals surface area contributed by atoms with Crippen molar-refractivity contribution < 1.29 is 4.79 Å². The van der Waals surface area contributed by atoms with Crippen LogP contribution in [0.1, 0.15) is 27.3 Å². The van der Waals surface area contributed by atoms with E-state index >= 15 is 0 Å². The van der Waals surface area contributed by atoms with Crippen LogP contribution in [0.15, 0.2) is 24.3 Å². The number of carbonyl (C=O) groups is 1. The molecule has 2 aromatic rings. The number of nitrogens with zero attached hydrogens (tertiary/aromatic N) is 1. The first kappa shape index (κ1) is 12.2. The number of amides is 1. The molecule has 0 aliphatic heterocycles. The van der Waals surface area contributed by atoms with E-state index in [9.17, 15) is 4.79 Å². The average molecular weight is 244 g/mol. The number of carbonyl (C=O) groups excluding carboxylic acids is 1. The second-order valence-electron chi connectivity index (χ2n) is 4.28. The summed E-state index contributed by atoms with van der Waals surface area (Å²) in [6.07, 6.45) is 0. The molecule has 0 spiro atoms. The van der Waals surface area contributed by atoms with Crippen molar-refractivity contribution in [2.45, 2.75) is 20.4 Å². The highest BCUT2D eigenvalue weighted by atomic mass is 16.1. The third-order valence-corrected chi connectivity index (χ3v) is 2.75. The number of hydrogen-bond acceptors (Lipinski definition) is 3. The van der Waals surface area contributed by atoms with Crippen LogP contribution < -0.4 is 11.1 Å². The van der Waals surface area contributed by atoms with Crippen molar-refractivity contribution in [3.05, 3.63) is 46.8 Å². The second-order valence-corrected chi connectivity index (χ2v) is 4.28. The molecule has 0 aliphatic carbocycles. The molecule has 0 fully saturated rings. The zero-order valence-corrected chi connectivity index (χ0v) is 10.4. The largest absolute Gasteiger partial charge is 0.395 e. The Kier molecular flexibility index (Phi) is 3.32. The fraction of sp³-hybridized carbons (Fsp3) is 0.231. The summed E-state index contributed by atoms with van der Waals surface area (Å²) in [5.41, 5.74) is 9.31. The smallest absolute Gasteiger partial charge is 0.274 e. The zero-order valence-electron chi connectivity index (χ0n) is 10.4. The third-order valence-electron chi connectivity index (χ3n) is 2.75. The molecule has 4 N–H and O–H groups in total. The predicted molar refractivity (Wildman–Crippen MR) is 70.1 cm³/mol.